The number of benzene rings is 4. The highest BCUT2D eigenvalue weighted by molar-refractivity contribution is 9.11. The van der Waals surface area contributed by atoms with Gasteiger partial charge in [-0.25, -0.2) is 0 Å². The Balaban J connectivity index is 1.64. The first-order valence-electron chi connectivity index (χ1n) is 9.43. The van der Waals surface area contributed by atoms with Crippen molar-refractivity contribution in [2.24, 2.45) is 0 Å². The van der Waals surface area contributed by atoms with Crippen molar-refractivity contribution in [2.45, 2.75) is 0 Å². The summed E-state index contributed by atoms with van der Waals surface area (Å²) in [7, 11) is 0. The van der Waals surface area contributed by atoms with E-state index in [1.807, 2.05) is 0 Å². The molecule has 0 saturated carbocycles. The average molecular weight is 584 g/mol. The Hall–Kier alpha value is -2.14. The number of rotatable bonds is 5. The molecule has 0 atom stereocenters. The van der Waals surface area contributed by atoms with E-state index in [0.717, 1.165) is 36.0 Å². The molecule has 4 rings (SSSR count). The predicted octanol–water partition coefficient (Wildman–Crippen LogP) is 9.61. The lowest BCUT2D eigenvalue weighted by molar-refractivity contribution is 1.28. The molecule has 0 aromatic heterocycles. The highest BCUT2D eigenvalue weighted by atomic mass is 79.9. The zero-order valence-electron chi connectivity index (χ0n) is 16.0. The van der Waals surface area contributed by atoms with Gasteiger partial charge in [0.05, 0.1) is 0 Å². The second kappa shape index (κ2) is 9.78. The Labute approximate surface area is 202 Å². The van der Waals surface area contributed by atoms with Crippen molar-refractivity contribution in [1.29, 1.82) is 0 Å². The van der Waals surface area contributed by atoms with Crippen LogP contribution in [0.5, 0.6) is 0 Å². The smallest absolute Gasteiger partial charge is 0.0462 e. The van der Waals surface area contributed by atoms with Gasteiger partial charge < -0.3 is 4.90 Å². The zero-order valence-corrected chi connectivity index (χ0v) is 20.7. The van der Waals surface area contributed by atoms with Crippen molar-refractivity contribution in [3.05, 3.63) is 122 Å². The molecule has 0 amide bonds. The molecule has 4 heteroatoms. The van der Waals surface area contributed by atoms with E-state index in [-0.39, 0.29) is 0 Å². The minimum Gasteiger partial charge on any atom is -0.311 e. The third-order valence-corrected chi connectivity index (χ3v) is 6.25. The van der Waals surface area contributed by atoms with E-state index in [2.05, 4.69) is 162 Å². The van der Waals surface area contributed by atoms with Crippen LogP contribution in [0.2, 0.25) is 0 Å². The van der Waals surface area contributed by atoms with Crippen molar-refractivity contribution in [1.82, 2.24) is 0 Å². The molecule has 148 valence electrons. The minimum absolute atomic E-state index is 1.07. The quantitative estimate of drug-likeness (QED) is 0.211. The summed E-state index contributed by atoms with van der Waals surface area (Å²) < 4.78 is 3.22. The van der Waals surface area contributed by atoms with Crippen LogP contribution >= 0.6 is 47.8 Å². The maximum atomic E-state index is 3.53. The highest BCUT2D eigenvalue weighted by Gasteiger charge is 2.12. The van der Waals surface area contributed by atoms with E-state index in [4.69, 9.17) is 0 Å². The van der Waals surface area contributed by atoms with Gasteiger partial charge in [0, 0.05) is 30.5 Å². The van der Waals surface area contributed by atoms with E-state index in [9.17, 15) is 0 Å². The summed E-state index contributed by atoms with van der Waals surface area (Å²) in [6, 6.07) is 33.6. The molecular weight excluding hydrogens is 566 g/mol. The topological polar surface area (TPSA) is 3.24 Å². The SMILES string of the molecule is Brc1ccc(/C=C/c2ccc(N(c3ccc(Br)cc3)c3ccc(Br)cc3)cc2)cc1. The number of hydrogen-bond donors (Lipinski definition) is 0. The fourth-order valence-electron chi connectivity index (χ4n) is 3.13. The van der Waals surface area contributed by atoms with E-state index in [1.165, 1.54) is 5.56 Å². The van der Waals surface area contributed by atoms with Crippen LogP contribution in [0.1, 0.15) is 11.1 Å². The van der Waals surface area contributed by atoms with E-state index in [0.29, 0.717) is 0 Å². The van der Waals surface area contributed by atoms with Gasteiger partial charge in [-0.3, -0.25) is 0 Å². The third-order valence-electron chi connectivity index (χ3n) is 4.66. The number of hydrogen-bond acceptors (Lipinski definition) is 1. The van der Waals surface area contributed by atoms with Crippen LogP contribution in [0, 0.1) is 0 Å². The molecule has 0 spiro atoms. The molecule has 0 aliphatic heterocycles. The van der Waals surface area contributed by atoms with Crippen molar-refractivity contribution in [3.8, 4) is 0 Å². The second-order valence-corrected chi connectivity index (χ2v) is 9.51. The fourth-order valence-corrected chi connectivity index (χ4v) is 3.92. The lowest BCUT2D eigenvalue weighted by Gasteiger charge is -2.25. The third kappa shape index (κ3) is 5.31. The lowest BCUT2D eigenvalue weighted by Crippen LogP contribution is -2.09. The average Bonchev–Trinajstić information content (AvgIpc) is 2.77. The molecule has 0 bridgehead atoms. The van der Waals surface area contributed by atoms with Crippen LogP contribution in [0.4, 0.5) is 17.1 Å². The van der Waals surface area contributed by atoms with Crippen LogP contribution in [0.3, 0.4) is 0 Å². The van der Waals surface area contributed by atoms with E-state index in [1.54, 1.807) is 0 Å². The molecule has 1 nitrogen and oxygen atoms in total. The van der Waals surface area contributed by atoms with Gasteiger partial charge >= 0.3 is 0 Å². The fraction of sp³-hybridized carbons (Fsp3) is 0. The van der Waals surface area contributed by atoms with Crippen LogP contribution < -0.4 is 4.90 Å². The Morgan fingerprint density at radius 1 is 0.400 bits per heavy atom. The van der Waals surface area contributed by atoms with Gasteiger partial charge in [-0.1, -0.05) is 84.2 Å². The standard InChI is InChI=1S/C26H18Br3N/c27-21-7-3-19(4-8-21)1-2-20-5-13-24(14-6-20)30(25-15-9-22(28)10-16-25)26-17-11-23(29)12-18-26/h1-18H/b2-1+. The minimum atomic E-state index is 1.07. The Morgan fingerprint density at radius 2 is 0.667 bits per heavy atom. The first-order chi connectivity index (χ1) is 14.6. The zero-order chi connectivity index (χ0) is 20.9. The Kier molecular flexibility index (Phi) is 6.88. The van der Waals surface area contributed by atoms with Gasteiger partial charge in [0.15, 0.2) is 0 Å². The van der Waals surface area contributed by atoms with Gasteiger partial charge in [0.25, 0.3) is 0 Å². The molecule has 0 aliphatic rings. The molecule has 0 N–H and O–H groups in total. The van der Waals surface area contributed by atoms with Crippen LogP contribution in [0.15, 0.2) is 110 Å². The van der Waals surface area contributed by atoms with Crippen LogP contribution in [-0.4, -0.2) is 0 Å². The Morgan fingerprint density at radius 3 is 1.03 bits per heavy atom. The first kappa shape index (κ1) is 21.1. The molecule has 4 aromatic rings. The molecule has 0 radical (unpaired) electrons. The van der Waals surface area contributed by atoms with Gasteiger partial charge in [0.2, 0.25) is 0 Å². The van der Waals surface area contributed by atoms with Gasteiger partial charge in [-0.2, -0.15) is 0 Å². The molecule has 0 saturated heterocycles. The predicted molar refractivity (Wildman–Crippen MR) is 140 cm³/mol. The number of nitrogens with zero attached hydrogens (tertiary/aromatic N) is 1. The first-order valence-corrected chi connectivity index (χ1v) is 11.8. The monoisotopic (exact) mass is 581 g/mol. The summed E-state index contributed by atoms with van der Waals surface area (Å²) in [5, 5.41) is 0. The van der Waals surface area contributed by atoms with Gasteiger partial charge in [-0.15, -0.1) is 0 Å². The van der Waals surface area contributed by atoms with Crippen molar-refractivity contribution >= 4 is 77.0 Å². The summed E-state index contributed by atoms with van der Waals surface area (Å²) in [6.45, 7) is 0. The van der Waals surface area contributed by atoms with Gasteiger partial charge in [0.1, 0.15) is 0 Å². The number of anilines is 3. The molecule has 0 unspecified atom stereocenters. The van der Waals surface area contributed by atoms with Crippen LogP contribution in [0.25, 0.3) is 12.2 Å². The Bertz CT molecular complexity index is 1090. The molecule has 4 aromatic carbocycles. The van der Waals surface area contributed by atoms with E-state index < -0.39 is 0 Å². The molecule has 0 fully saturated rings. The van der Waals surface area contributed by atoms with E-state index >= 15 is 0 Å². The van der Waals surface area contributed by atoms with Crippen molar-refractivity contribution in [2.75, 3.05) is 4.90 Å². The molecular formula is C26H18Br3N. The van der Waals surface area contributed by atoms with Crippen molar-refractivity contribution < 1.29 is 0 Å². The lowest BCUT2D eigenvalue weighted by atomic mass is 10.1. The second-order valence-electron chi connectivity index (χ2n) is 6.76. The maximum absolute atomic E-state index is 3.53. The molecule has 30 heavy (non-hydrogen) atoms. The van der Waals surface area contributed by atoms with Gasteiger partial charge in [-0.05, 0) is 83.9 Å². The molecule has 0 heterocycles. The number of halogens is 3. The summed E-state index contributed by atoms with van der Waals surface area (Å²) >= 11 is 10.5. The van der Waals surface area contributed by atoms with Crippen LogP contribution in [-0.2, 0) is 0 Å². The maximum Gasteiger partial charge on any atom is 0.0462 e. The summed E-state index contributed by atoms with van der Waals surface area (Å²) in [4.78, 5) is 2.25. The summed E-state index contributed by atoms with van der Waals surface area (Å²) in [5.74, 6) is 0. The van der Waals surface area contributed by atoms with Crippen molar-refractivity contribution in [3.63, 3.8) is 0 Å². The summed E-state index contributed by atoms with van der Waals surface area (Å²) in [5.41, 5.74) is 5.67. The normalized spacial score (nSPS) is 11.0. The highest BCUT2D eigenvalue weighted by Crippen LogP contribution is 2.35. The largest absolute Gasteiger partial charge is 0.311 e. The molecule has 0 aliphatic carbocycles. The summed E-state index contributed by atoms with van der Waals surface area (Å²) in [6.07, 6.45) is 4.26.